The topological polar surface area (TPSA) is 277 Å². The highest BCUT2D eigenvalue weighted by atomic mass is 35.5. The van der Waals surface area contributed by atoms with E-state index in [2.05, 4.69) is 66.1 Å². The van der Waals surface area contributed by atoms with Crippen LogP contribution in [0.15, 0.2) is 332 Å². The van der Waals surface area contributed by atoms with E-state index >= 15 is 0 Å². The maximum atomic E-state index is 14.2. The molecule has 12 amide bonds. The number of nitrogens with one attached hydrogen (secondary N) is 6. The molecule has 0 radical (unpaired) electrons. The molecule has 0 aliphatic heterocycles. The van der Waals surface area contributed by atoms with Gasteiger partial charge < -0.3 is 0 Å². The van der Waals surface area contributed by atoms with Crippen molar-refractivity contribution >= 4 is 210 Å². The van der Waals surface area contributed by atoms with Crippen molar-refractivity contribution < 1.29 is 97.0 Å². The van der Waals surface area contributed by atoms with Crippen LogP contribution in [-0.2, 0) is 63.7 Å². The van der Waals surface area contributed by atoms with Crippen molar-refractivity contribution in [1.29, 1.82) is 0 Å². The van der Waals surface area contributed by atoms with Crippen LogP contribution in [0.3, 0.4) is 0 Å². The molecule has 143 heavy (non-hydrogen) atoms. The number of hydrogen-bond acceptors (Lipinski definition) is 15. The lowest BCUT2D eigenvalue weighted by atomic mass is 10.0. The third-order valence-electron chi connectivity index (χ3n) is 18.8. The maximum Gasteiger partial charge on any atom is 0.416 e. The number of benzene rings is 9. The molecule has 12 aromatic rings. The first kappa shape index (κ1) is 114. The van der Waals surface area contributed by atoms with Crippen LogP contribution in [0.5, 0.6) is 0 Å². The predicted molar refractivity (Wildman–Crippen MR) is 550 cm³/mol. The fraction of sp³-hybridized carbons (Fsp3) is 0.0727. The highest BCUT2D eigenvalue weighted by Gasteiger charge is 2.31. The van der Waals surface area contributed by atoms with E-state index in [4.69, 9.17) is 34.8 Å². The van der Waals surface area contributed by atoms with E-state index in [-0.39, 0.29) is 66.8 Å². The van der Waals surface area contributed by atoms with E-state index in [1.165, 1.54) is 73.0 Å². The van der Waals surface area contributed by atoms with E-state index < -0.39 is 118 Å². The number of alkyl halides is 3. The number of halogens is 12. The van der Waals surface area contributed by atoms with Crippen molar-refractivity contribution in [3.05, 3.63) is 458 Å². The normalized spacial score (nSPS) is 11.2. The number of carbonyl (C=O) groups excluding carboxylic acids is 12. The van der Waals surface area contributed by atoms with Crippen molar-refractivity contribution in [3.63, 3.8) is 0 Å². The summed E-state index contributed by atoms with van der Waals surface area (Å²) in [5, 5.41) is 20.7. The fourth-order valence-electron chi connectivity index (χ4n) is 11.3. The Balaban J connectivity index is 0.000000233. The molecule has 0 bridgehead atoms. The van der Waals surface area contributed by atoms with Gasteiger partial charge in [-0.1, -0.05) is 207 Å². The SMILES string of the molecule is C=C(C)C(=O)NC(=O)/C(=C/c1ccc(C)cc1)c1ccc(F)cc1F.C=C(C)C(=O)NC(=O)/C(=C/c1ccc(Cl)cc1)c1ccc(F)c(F)c1.C=C(C)C(=O)NC(=O)/C(=C/c1ccc(Cl)cc1)c1cccs1.C=C(C)C(=O)NC(=O)/C(=C/c1cccs1)c1ccccc1.C=C(C)C(=O)NC(=O)/C(=C\c1ccc(C(F)(F)F)cc1)c1ccc(F)cc1F.C=C(C)C(=O)NC(=O)/C(=C\c1ccc(Cl)cc1)c1cccs1. The van der Waals surface area contributed by atoms with E-state index in [9.17, 15) is 97.0 Å². The quantitative estimate of drug-likeness (QED) is 0.0187. The second kappa shape index (κ2) is 55.1. The van der Waals surface area contributed by atoms with Gasteiger partial charge in [0.15, 0.2) is 11.6 Å². The average Bonchev–Trinajstić information content (AvgIpc) is 1.70. The molecule has 0 saturated carbocycles. The first-order valence-electron chi connectivity index (χ1n) is 42.0. The number of carbonyl (C=O) groups is 12. The summed E-state index contributed by atoms with van der Waals surface area (Å²) in [7, 11) is 0. The van der Waals surface area contributed by atoms with Gasteiger partial charge in [-0.15, -0.1) is 34.0 Å². The molecule has 3 heterocycles. The minimum absolute atomic E-state index is 0.00387. The van der Waals surface area contributed by atoms with Crippen molar-refractivity contribution in [3.8, 4) is 0 Å². The van der Waals surface area contributed by atoms with Gasteiger partial charge in [-0.25, -0.2) is 26.3 Å². The van der Waals surface area contributed by atoms with Crippen LogP contribution in [0.1, 0.15) is 117 Å². The van der Waals surface area contributed by atoms with Crippen LogP contribution in [0, 0.1) is 41.8 Å². The Hall–Kier alpha value is -16.0. The Morgan fingerprint density at radius 2 is 0.573 bits per heavy atom. The number of rotatable bonds is 24. The Morgan fingerprint density at radius 1 is 0.280 bits per heavy atom. The third kappa shape index (κ3) is 37.3. The first-order chi connectivity index (χ1) is 67.5. The second-order valence-electron chi connectivity index (χ2n) is 30.6. The summed E-state index contributed by atoms with van der Waals surface area (Å²) >= 11 is 21.9. The lowest BCUT2D eigenvalue weighted by molar-refractivity contribution is -0.138. The fourth-order valence-corrected chi connectivity index (χ4v) is 13.8. The summed E-state index contributed by atoms with van der Waals surface area (Å²) in [6, 6.07) is 60.5. The summed E-state index contributed by atoms with van der Waals surface area (Å²) in [6.45, 7) is 31.7. The highest BCUT2D eigenvalue weighted by molar-refractivity contribution is 7.12. The van der Waals surface area contributed by atoms with Crippen LogP contribution in [0.25, 0.3) is 69.9 Å². The van der Waals surface area contributed by atoms with Gasteiger partial charge in [0.1, 0.15) is 23.3 Å². The minimum atomic E-state index is -4.54. The van der Waals surface area contributed by atoms with Crippen molar-refractivity contribution in [1.82, 2.24) is 31.9 Å². The van der Waals surface area contributed by atoms with Crippen molar-refractivity contribution in [2.75, 3.05) is 0 Å². The molecule has 0 fully saturated rings. The van der Waals surface area contributed by atoms with Crippen LogP contribution < -0.4 is 31.9 Å². The summed E-state index contributed by atoms with van der Waals surface area (Å²) in [6.07, 6.45) is 4.67. The van der Waals surface area contributed by atoms with Gasteiger partial charge in [0.25, 0.3) is 70.9 Å². The molecule has 12 rings (SSSR count). The number of aryl methyl sites for hydroxylation is 1. The van der Waals surface area contributed by atoms with E-state index in [0.29, 0.717) is 60.6 Å². The molecule has 732 valence electrons. The summed E-state index contributed by atoms with van der Waals surface area (Å²) in [5.41, 5.74) is 5.61. The largest absolute Gasteiger partial charge is 0.416 e. The monoisotopic (exact) mass is 2060 g/mol. The van der Waals surface area contributed by atoms with Crippen LogP contribution in [0.2, 0.25) is 15.1 Å². The zero-order chi connectivity index (χ0) is 106. The first-order valence-corrected chi connectivity index (χ1v) is 45.7. The second-order valence-corrected chi connectivity index (χ2v) is 34.8. The van der Waals surface area contributed by atoms with Gasteiger partial charge in [0, 0.05) is 97.5 Å². The Kier molecular flexibility index (Phi) is 44.0. The molecule has 0 aliphatic rings. The molecule has 0 unspecified atom stereocenters. The number of thiophene rings is 3. The zero-order valence-electron chi connectivity index (χ0n) is 77.2. The van der Waals surface area contributed by atoms with E-state index in [1.54, 1.807) is 99.7 Å². The van der Waals surface area contributed by atoms with Crippen molar-refractivity contribution in [2.45, 2.75) is 54.6 Å². The summed E-state index contributed by atoms with van der Waals surface area (Å²) in [5.74, 6) is -13.2. The van der Waals surface area contributed by atoms with Gasteiger partial charge in [-0.3, -0.25) is 89.4 Å². The maximum absolute atomic E-state index is 14.2. The molecular weight excluding hydrogens is 1970 g/mol. The molecule has 33 heteroatoms. The molecule has 0 spiro atoms. The third-order valence-corrected chi connectivity index (χ3v) is 22.2. The highest BCUT2D eigenvalue weighted by Crippen LogP contribution is 2.33. The molecule has 0 saturated heterocycles. The van der Waals surface area contributed by atoms with Gasteiger partial charge in [-0.05, 0) is 243 Å². The number of imide groups is 6. The van der Waals surface area contributed by atoms with E-state index in [1.807, 2.05) is 132 Å². The van der Waals surface area contributed by atoms with Gasteiger partial charge >= 0.3 is 6.18 Å². The van der Waals surface area contributed by atoms with Gasteiger partial charge in [0.05, 0.1) is 27.9 Å². The summed E-state index contributed by atoms with van der Waals surface area (Å²) < 4.78 is 119. The zero-order valence-corrected chi connectivity index (χ0v) is 81.9. The Morgan fingerprint density at radius 3 is 0.874 bits per heavy atom. The molecule has 0 aliphatic carbocycles. The van der Waals surface area contributed by atoms with E-state index in [0.717, 1.165) is 104 Å². The van der Waals surface area contributed by atoms with Gasteiger partial charge in [-0.2, -0.15) is 13.2 Å². The predicted octanol–water partition coefficient (Wildman–Crippen LogP) is 25.0. The summed E-state index contributed by atoms with van der Waals surface area (Å²) in [4.78, 5) is 147. The van der Waals surface area contributed by atoms with Crippen molar-refractivity contribution in [2.24, 2.45) is 0 Å². The molecule has 9 aromatic carbocycles. The molecular formula is C110H88Cl3F9N6O12S3. The Labute approximate surface area is 844 Å². The lowest BCUT2D eigenvalue weighted by Crippen LogP contribution is -2.31. The molecule has 6 N–H and O–H groups in total. The minimum Gasteiger partial charge on any atom is -0.288 e. The smallest absolute Gasteiger partial charge is 0.288 e. The van der Waals surface area contributed by atoms with Crippen LogP contribution in [0.4, 0.5) is 39.5 Å². The number of hydrogen-bond donors (Lipinski definition) is 6. The lowest BCUT2D eigenvalue weighted by Gasteiger charge is -2.11. The molecule has 3 aromatic heterocycles. The number of amides is 12. The molecule has 18 nitrogen and oxygen atoms in total. The molecule has 0 atom stereocenters. The Bertz CT molecular complexity index is 6890. The average molecular weight is 2060 g/mol. The van der Waals surface area contributed by atoms with Gasteiger partial charge in [0.2, 0.25) is 0 Å². The van der Waals surface area contributed by atoms with Crippen LogP contribution >= 0.6 is 68.8 Å². The van der Waals surface area contributed by atoms with Crippen LogP contribution in [-0.4, -0.2) is 70.9 Å². The standard InChI is InChI=1S/C20H14F5NO2.C20H17F2NO2.C19H14ClF2NO2.2C17H14ClNO2S.C17H15NO2S/c1-11(2)18(27)26-19(28)16(15-8-7-14(21)10-17(15)22)9-12-3-5-13(6-4-12)20(23,24)25;1-12(2)19(24)23-20(25)17(10-14-6-4-13(3)5-7-14)16-9-8-15(21)11-18(16)22;1-11(2)18(24)23-19(25)15(9-12-3-6-14(20)7-4-12)13-5-8-16(21)17(22)10-13;2*1-11(2)16(20)19-17(21)14(15-4-3-9-22-15)10-12-5-7-13(18)8-6-12;1-12(2)16(19)18-17(20)15(11-14-9-6-10-21-14)13-7-4-3-5-8-13/h3-10H,1H2,2H3,(H,26,27,28);4-11H,1H2,2-3H3,(H,23,24,25);3-10H,1H2,2H3,(H,23,24,25);2*3-10H,1H2,2H3,(H,19,20,21);3-11H,1H2,2H3,(H,18,19,20)/b16-9-;17-10+;15-9+;14-10+;14-10-;15-11+.